The minimum atomic E-state index is -0.882. The van der Waals surface area contributed by atoms with Crippen molar-refractivity contribution in [3.8, 4) is 5.75 Å². The fourth-order valence-corrected chi connectivity index (χ4v) is 2.69. The Balaban J connectivity index is 1.73. The van der Waals surface area contributed by atoms with Crippen molar-refractivity contribution in [2.24, 2.45) is 0 Å². The van der Waals surface area contributed by atoms with Crippen molar-refractivity contribution in [1.82, 2.24) is 4.90 Å². The third-order valence-electron chi connectivity index (χ3n) is 3.74. The molecular weight excluding hydrogens is 289 g/mol. The number of aliphatic carboxylic acids is 1. The topological polar surface area (TPSA) is 66.8 Å². The van der Waals surface area contributed by atoms with E-state index in [0.717, 1.165) is 12.8 Å². The lowest BCUT2D eigenvalue weighted by Gasteiger charge is -2.23. The second-order valence-electron chi connectivity index (χ2n) is 5.36. The van der Waals surface area contributed by atoms with Gasteiger partial charge in [-0.2, -0.15) is 0 Å². The zero-order valence-corrected chi connectivity index (χ0v) is 12.3. The first-order valence-corrected chi connectivity index (χ1v) is 7.46. The molecule has 0 radical (unpaired) electrons. The Morgan fingerprint density at radius 3 is 2.86 bits per heavy atom. The molecule has 5 nitrogen and oxygen atoms in total. The Morgan fingerprint density at radius 2 is 2.14 bits per heavy atom. The summed E-state index contributed by atoms with van der Waals surface area (Å²) in [7, 11) is 0. The highest BCUT2D eigenvalue weighted by atomic mass is 19.1. The van der Waals surface area contributed by atoms with E-state index in [0.29, 0.717) is 13.0 Å². The smallest absolute Gasteiger partial charge is 0.305 e. The van der Waals surface area contributed by atoms with Gasteiger partial charge in [0, 0.05) is 19.0 Å². The van der Waals surface area contributed by atoms with Gasteiger partial charge in [-0.15, -0.1) is 0 Å². The van der Waals surface area contributed by atoms with Crippen LogP contribution in [0.4, 0.5) is 4.39 Å². The molecule has 1 N–H and O–H groups in total. The molecule has 120 valence electrons. The number of likely N-dealkylation sites (tertiary alicyclic amines) is 1. The van der Waals surface area contributed by atoms with Crippen molar-refractivity contribution in [2.75, 3.05) is 13.2 Å². The standard InChI is InChI=1S/C16H20FNO4/c17-13-6-1-2-7-14(13)22-10-4-8-15(19)18-9-3-5-12(18)11-16(20)21/h1-2,6-7,12H,3-5,8-11H2,(H,20,21). The minimum absolute atomic E-state index is 0.00251. The SMILES string of the molecule is O=C(O)CC1CCCN1C(=O)CCCOc1ccccc1F. The first kappa shape index (κ1) is 16.3. The summed E-state index contributed by atoms with van der Waals surface area (Å²) in [6.45, 7) is 0.870. The van der Waals surface area contributed by atoms with Crippen LogP contribution in [-0.4, -0.2) is 41.1 Å². The van der Waals surface area contributed by atoms with E-state index < -0.39 is 11.8 Å². The van der Waals surface area contributed by atoms with Gasteiger partial charge in [0.1, 0.15) is 0 Å². The fourth-order valence-electron chi connectivity index (χ4n) is 2.69. The van der Waals surface area contributed by atoms with E-state index in [1.807, 2.05) is 0 Å². The summed E-state index contributed by atoms with van der Waals surface area (Å²) in [4.78, 5) is 24.5. The molecule has 0 spiro atoms. The number of carboxylic acid groups (broad SMARTS) is 1. The molecule has 0 bridgehead atoms. The van der Waals surface area contributed by atoms with E-state index in [4.69, 9.17) is 9.84 Å². The Hall–Kier alpha value is -2.11. The van der Waals surface area contributed by atoms with Crippen molar-refractivity contribution in [3.05, 3.63) is 30.1 Å². The summed E-state index contributed by atoms with van der Waals surface area (Å²) in [5.41, 5.74) is 0. The van der Waals surface area contributed by atoms with E-state index in [-0.39, 0.29) is 37.1 Å². The molecule has 1 aliphatic rings. The molecule has 1 unspecified atom stereocenters. The first-order chi connectivity index (χ1) is 10.6. The Bertz CT molecular complexity index is 535. The van der Waals surface area contributed by atoms with Crippen LogP contribution in [0, 0.1) is 5.82 Å². The molecule has 22 heavy (non-hydrogen) atoms. The number of nitrogens with zero attached hydrogens (tertiary/aromatic N) is 1. The van der Waals surface area contributed by atoms with Crippen LogP contribution in [0.5, 0.6) is 5.75 Å². The minimum Gasteiger partial charge on any atom is -0.491 e. The molecule has 1 saturated heterocycles. The number of para-hydroxylation sites is 1. The molecule has 6 heteroatoms. The molecule has 1 aliphatic heterocycles. The van der Waals surface area contributed by atoms with Crippen LogP contribution >= 0.6 is 0 Å². The van der Waals surface area contributed by atoms with Gasteiger partial charge in [0.2, 0.25) is 5.91 Å². The van der Waals surface area contributed by atoms with Gasteiger partial charge in [-0.05, 0) is 31.4 Å². The van der Waals surface area contributed by atoms with Gasteiger partial charge >= 0.3 is 5.97 Å². The van der Waals surface area contributed by atoms with Crippen LogP contribution in [0.3, 0.4) is 0 Å². The molecule has 0 aliphatic carbocycles. The van der Waals surface area contributed by atoms with Gasteiger partial charge in [-0.1, -0.05) is 12.1 Å². The third-order valence-corrected chi connectivity index (χ3v) is 3.74. The molecule has 1 atom stereocenters. The average molecular weight is 309 g/mol. The van der Waals surface area contributed by atoms with Gasteiger partial charge < -0.3 is 14.7 Å². The maximum atomic E-state index is 13.3. The summed E-state index contributed by atoms with van der Waals surface area (Å²) in [6.07, 6.45) is 2.34. The van der Waals surface area contributed by atoms with E-state index in [9.17, 15) is 14.0 Å². The molecular formula is C16H20FNO4. The molecule has 2 rings (SSSR count). The molecule has 1 heterocycles. The van der Waals surface area contributed by atoms with Crippen LogP contribution in [-0.2, 0) is 9.59 Å². The van der Waals surface area contributed by atoms with Crippen molar-refractivity contribution in [1.29, 1.82) is 0 Å². The molecule has 1 aromatic rings. The number of halogens is 1. The highest BCUT2D eigenvalue weighted by Gasteiger charge is 2.29. The fraction of sp³-hybridized carbons (Fsp3) is 0.500. The maximum absolute atomic E-state index is 13.3. The zero-order chi connectivity index (χ0) is 15.9. The van der Waals surface area contributed by atoms with E-state index in [1.165, 1.54) is 6.07 Å². The van der Waals surface area contributed by atoms with Crippen LogP contribution in [0.2, 0.25) is 0 Å². The lowest BCUT2D eigenvalue weighted by molar-refractivity contribution is -0.139. The van der Waals surface area contributed by atoms with E-state index in [1.54, 1.807) is 23.1 Å². The number of hydrogen-bond donors (Lipinski definition) is 1. The van der Waals surface area contributed by atoms with Crippen LogP contribution in [0.15, 0.2) is 24.3 Å². The van der Waals surface area contributed by atoms with E-state index >= 15 is 0 Å². The number of carbonyl (C=O) groups excluding carboxylic acids is 1. The van der Waals surface area contributed by atoms with Crippen molar-refractivity contribution in [3.63, 3.8) is 0 Å². The number of carboxylic acids is 1. The van der Waals surface area contributed by atoms with Crippen molar-refractivity contribution < 1.29 is 23.8 Å². The summed E-state index contributed by atoms with van der Waals surface area (Å²) >= 11 is 0. The van der Waals surface area contributed by atoms with Gasteiger partial charge in [0.05, 0.1) is 13.0 Å². The largest absolute Gasteiger partial charge is 0.491 e. The second kappa shape index (κ2) is 7.77. The van der Waals surface area contributed by atoms with Gasteiger partial charge in [-0.3, -0.25) is 9.59 Å². The highest BCUT2D eigenvalue weighted by molar-refractivity contribution is 5.78. The highest BCUT2D eigenvalue weighted by Crippen LogP contribution is 2.21. The summed E-state index contributed by atoms with van der Waals surface area (Å²) in [6, 6.07) is 5.94. The summed E-state index contributed by atoms with van der Waals surface area (Å²) in [5.74, 6) is -1.18. The van der Waals surface area contributed by atoms with Crippen molar-refractivity contribution >= 4 is 11.9 Å². The molecule has 0 aromatic heterocycles. The van der Waals surface area contributed by atoms with Gasteiger partial charge in [-0.25, -0.2) is 4.39 Å². The Kier molecular flexibility index (Phi) is 5.75. The normalized spacial score (nSPS) is 17.5. The number of rotatable bonds is 7. The van der Waals surface area contributed by atoms with Crippen LogP contribution in [0.1, 0.15) is 32.1 Å². The molecule has 1 aromatic carbocycles. The summed E-state index contributed by atoms with van der Waals surface area (Å²) < 4.78 is 18.6. The maximum Gasteiger partial charge on any atom is 0.305 e. The van der Waals surface area contributed by atoms with Crippen molar-refractivity contribution in [2.45, 2.75) is 38.1 Å². The quantitative estimate of drug-likeness (QED) is 0.786. The predicted molar refractivity (Wildman–Crippen MR) is 78.1 cm³/mol. The number of ether oxygens (including phenoxy) is 1. The Morgan fingerprint density at radius 1 is 1.36 bits per heavy atom. The molecule has 1 fully saturated rings. The number of amides is 1. The lowest BCUT2D eigenvalue weighted by Crippen LogP contribution is -2.36. The number of carbonyl (C=O) groups is 2. The first-order valence-electron chi connectivity index (χ1n) is 7.46. The van der Waals surface area contributed by atoms with Gasteiger partial charge in [0.25, 0.3) is 0 Å². The molecule has 0 saturated carbocycles. The Labute approximate surface area is 128 Å². The van der Waals surface area contributed by atoms with E-state index in [2.05, 4.69) is 0 Å². The predicted octanol–water partition coefficient (Wildman–Crippen LogP) is 2.45. The van der Waals surface area contributed by atoms with Crippen LogP contribution in [0.25, 0.3) is 0 Å². The lowest BCUT2D eigenvalue weighted by atomic mass is 10.1. The average Bonchev–Trinajstić information content (AvgIpc) is 2.92. The molecule has 1 amide bonds. The monoisotopic (exact) mass is 309 g/mol. The summed E-state index contributed by atoms with van der Waals surface area (Å²) in [5, 5.41) is 8.85. The zero-order valence-electron chi connectivity index (χ0n) is 12.3. The van der Waals surface area contributed by atoms with Gasteiger partial charge in [0.15, 0.2) is 11.6 Å². The second-order valence-corrected chi connectivity index (χ2v) is 5.36. The third kappa shape index (κ3) is 4.44. The number of hydrogen-bond acceptors (Lipinski definition) is 3. The number of benzene rings is 1. The van der Waals surface area contributed by atoms with Crippen LogP contribution < -0.4 is 4.74 Å².